The summed E-state index contributed by atoms with van der Waals surface area (Å²) in [5.41, 5.74) is 0. The van der Waals surface area contributed by atoms with Crippen LogP contribution in [0.3, 0.4) is 0 Å². The number of rotatable bonds is 7. The van der Waals surface area contributed by atoms with Crippen LogP contribution in [0, 0.1) is 0 Å². The molecule has 0 saturated carbocycles. The Kier molecular flexibility index (Phi) is 7.53. The lowest BCUT2D eigenvalue weighted by Gasteiger charge is -2.32. The smallest absolute Gasteiger partial charge is 0.110 e. The number of allylic oxidation sites excluding steroid dienone is 1. The Hall–Kier alpha value is -0.460. The molecule has 0 aromatic heterocycles. The molecule has 0 saturated heterocycles. The summed E-state index contributed by atoms with van der Waals surface area (Å²) in [6.45, 7) is 3.88. The Balaban J connectivity index is 4.66. The first-order chi connectivity index (χ1) is 7.49. The Morgan fingerprint density at radius 3 is 2.12 bits per heavy atom. The molecule has 0 aliphatic rings. The van der Waals surface area contributed by atoms with Crippen molar-refractivity contribution in [2.45, 2.75) is 38.2 Å². The highest BCUT2D eigenvalue weighted by Gasteiger charge is 2.31. The van der Waals surface area contributed by atoms with Gasteiger partial charge >= 0.3 is 0 Å². The third-order valence-corrected chi connectivity index (χ3v) is 2.68. The summed E-state index contributed by atoms with van der Waals surface area (Å²) in [6, 6.07) is -0.383. The van der Waals surface area contributed by atoms with Crippen molar-refractivity contribution in [1.82, 2.24) is 4.90 Å². The minimum Gasteiger partial charge on any atom is -0.394 e. The van der Waals surface area contributed by atoms with Gasteiger partial charge < -0.3 is 20.4 Å². The van der Waals surface area contributed by atoms with Gasteiger partial charge in [-0.25, -0.2) is 0 Å². The Bertz CT molecular complexity index is 210. The highest BCUT2D eigenvalue weighted by Crippen LogP contribution is 2.11. The van der Waals surface area contributed by atoms with Crippen LogP contribution in [-0.2, 0) is 0 Å². The maximum absolute atomic E-state index is 9.90. The normalized spacial score (nSPS) is 20.0. The minimum atomic E-state index is -1.36. The molecule has 5 nitrogen and oxygen atoms in total. The maximum atomic E-state index is 9.90. The van der Waals surface area contributed by atoms with Crippen molar-refractivity contribution >= 4 is 0 Å². The van der Waals surface area contributed by atoms with Gasteiger partial charge in [0.15, 0.2) is 0 Å². The molecule has 0 spiro atoms. The monoisotopic (exact) mass is 233 g/mol. The summed E-state index contributed by atoms with van der Waals surface area (Å²) in [4.78, 5) is 1.85. The molecule has 5 heteroatoms. The van der Waals surface area contributed by atoms with E-state index < -0.39 is 24.9 Å². The van der Waals surface area contributed by atoms with E-state index in [1.165, 1.54) is 0 Å². The summed E-state index contributed by atoms with van der Waals surface area (Å²) >= 11 is 0. The van der Waals surface area contributed by atoms with Crippen LogP contribution < -0.4 is 0 Å². The van der Waals surface area contributed by atoms with E-state index in [-0.39, 0.29) is 6.04 Å². The molecule has 96 valence electrons. The van der Waals surface area contributed by atoms with Crippen LogP contribution in [0.4, 0.5) is 0 Å². The van der Waals surface area contributed by atoms with Crippen molar-refractivity contribution in [3.63, 3.8) is 0 Å². The van der Waals surface area contributed by atoms with Crippen molar-refractivity contribution in [1.29, 1.82) is 0 Å². The van der Waals surface area contributed by atoms with Crippen molar-refractivity contribution in [2.24, 2.45) is 0 Å². The predicted molar refractivity (Wildman–Crippen MR) is 62.0 cm³/mol. The summed E-state index contributed by atoms with van der Waals surface area (Å²) in [7, 11) is 1.81. The average molecular weight is 233 g/mol. The zero-order valence-electron chi connectivity index (χ0n) is 10.1. The molecular weight excluding hydrogens is 210 g/mol. The molecule has 0 heterocycles. The fraction of sp³-hybridized carbons (Fsp3) is 0.818. The largest absolute Gasteiger partial charge is 0.394 e. The molecule has 0 rings (SSSR count). The van der Waals surface area contributed by atoms with Crippen molar-refractivity contribution < 1.29 is 20.4 Å². The van der Waals surface area contributed by atoms with Crippen molar-refractivity contribution in [3.8, 4) is 0 Å². The molecule has 0 aliphatic heterocycles. The number of hydrogen-bond donors (Lipinski definition) is 4. The second kappa shape index (κ2) is 7.76. The van der Waals surface area contributed by atoms with E-state index in [1.807, 2.05) is 25.8 Å². The van der Waals surface area contributed by atoms with Gasteiger partial charge in [-0.3, -0.25) is 4.90 Å². The lowest BCUT2D eigenvalue weighted by molar-refractivity contribution is -0.0928. The molecule has 0 unspecified atom stereocenters. The number of likely N-dealkylation sites (N-methyl/N-ethyl adjacent to an activating group) is 1. The zero-order chi connectivity index (χ0) is 12.7. The van der Waals surface area contributed by atoms with Crippen molar-refractivity contribution in [3.05, 3.63) is 12.2 Å². The van der Waals surface area contributed by atoms with Gasteiger partial charge in [0.25, 0.3) is 0 Å². The van der Waals surface area contributed by atoms with E-state index in [9.17, 15) is 15.3 Å². The van der Waals surface area contributed by atoms with E-state index in [0.717, 1.165) is 0 Å². The summed E-state index contributed by atoms with van der Waals surface area (Å²) in [5, 5.41) is 37.5. The summed E-state index contributed by atoms with van der Waals surface area (Å²) in [6.07, 6.45) is -0.295. The van der Waals surface area contributed by atoms with Crippen LogP contribution in [0.2, 0.25) is 0 Å². The molecule has 0 aliphatic carbocycles. The van der Waals surface area contributed by atoms with Gasteiger partial charge in [0.2, 0.25) is 0 Å². The molecule has 16 heavy (non-hydrogen) atoms. The van der Waals surface area contributed by atoms with Gasteiger partial charge in [-0.15, -0.1) is 0 Å². The number of aliphatic hydroxyl groups is 4. The molecule has 0 aromatic rings. The van der Waals surface area contributed by atoms with Gasteiger partial charge in [0.1, 0.15) is 18.3 Å². The lowest BCUT2D eigenvalue weighted by Crippen LogP contribution is -2.50. The van der Waals surface area contributed by atoms with Gasteiger partial charge in [-0.2, -0.15) is 0 Å². The molecule has 0 amide bonds. The van der Waals surface area contributed by atoms with Gasteiger partial charge in [-0.05, 0) is 20.5 Å². The molecule has 0 bridgehead atoms. The Morgan fingerprint density at radius 2 is 1.75 bits per heavy atom. The van der Waals surface area contributed by atoms with Gasteiger partial charge in [-0.1, -0.05) is 19.1 Å². The molecule has 4 atom stereocenters. The molecule has 0 fully saturated rings. The number of nitrogens with zero attached hydrogens (tertiary/aromatic N) is 1. The molecule has 0 radical (unpaired) electrons. The van der Waals surface area contributed by atoms with Crippen LogP contribution in [0.25, 0.3) is 0 Å². The van der Waals surface area contributed by atoms with E-state index in [2.05, 4.69) is 0 Å². The van der Waals surface area contributed by atoms with Crippen molar-refractivity contribution in [2.75, 3.05) is 20.2 Å². The van der Waals surface area contributed by atoms with Gasteiger partial charge in [0, 0.05) is 0 Å². The molecule has 0 aromatic carbocycles. The third kappa shape index (κ3) is 4.19. The summed E-state index contributed by atoms with van der Waals surface area (Å²) in [5.74, 6) is 0. The Morgan fingerprint density at radius 1 is 1.19 bits per heavy atom. The lowest BCUT2D eigenvalue weighted by atomic mass is 10.00. The van der Waals surface area contributed by atoms with E-state index in [1.54, 1.807) is 12.2 Å². The Labute approximate surface area is 96.6 Å². The minimum absolute atomic E-state index is 0.383. The second-order valence-corrected chi connectivity index (χ2v) is 3.82. The SMILES string of the molecule is C/C=C/[C@@H]([C@H](O)[C@H](O)[C@H](O)CO)N(C)CC. The van der Waals surface area contributed by atoms with Crippen LogP contribution in [0.5, 0.6) is 0 Å². The standard InChI is InChI=1S/C11H23NO4/c1-4-6-8(12(3)5-2)10(15)11(16)9(14)7-13/h4,6,8-11,13-16H,5,7H2,1-3H3/b6-4+/t8-,9+,10-,11+/m0/s1. The fourth-order valence-electron chi connectivity index (χ4n) is 1.47. The first-order valence-corrected chi connectivity index (χ1v) is 5.47. The van der Waals surface area contributed by atoms with E-state index >= 15 is 0 Å². The van der Waals surface area contributed by atoms with Crippen LogP contribution >= 0.6 is 0 Å². The zero-order valence-corrected chi connectivity index (χ0v) is 10.1. The quantitative estimate of drug-likeness (QED) is 0.422. The van der Waals surface area contributed by atoms with Crippen LogP contribution in [0.1, 0.15) is 13.8 Å². The highest BCUT2D eigenvalue weighted by molar-refractivity contribution is 4.99. The number of hydrogen-bond acceptors (Lipinski definition) is 5. The van der Waals surface area contributed by atoms with Crippen LogP contribution in [0.15, 0.2) is 12.2 Å². The van der Waals surface area contributed by atoms with E-state index in [4.69, 9.17) is 5.11 Å². The number of aliphatic hydroxyl groups excluding tert-OH is 4. The highest BCUT2D eigenvalue weighted by atomic mass is 16.4. The van der Waals surface area contributed by atoms with Gasteiger partial charge in [0.05, 0.1) is 12.6 Å². The third-order valence-electron chi connectivity index (χ3n) is 2.68. The average Bonchev–Trinajstić information content (AvgIpc) is 2.32. The van der Waals surface area contributed by atoms with Crippen LogP contribution in [-0.4, -0.2) is 69.9 Å². The topological polar surface area (TPSA) is 84.2 Å². The molecule has 4 N–H and O–H groups in total. The first kappa shape index (κ1) is 15.5. The fourth-order valence-corrected chi connectivity index (χ4v) is 1.47. The maximum Gasteiger partial charge on any atom is 0.110 e. The predicted octanol–water partition coefficient (Wildman–Crippen LogP) is -1.04. The van der Waals surface area contributed by atoms with E-state index in [0.29, 0.717) is 6.54 Å². The molecular formula is C11H23NO4. The first-order valence-electron chi connectivity index (χ1n) is 5.47. The second-order valence-electron chi connectivity index (χ2n) is 3.82. The summed E-state index contributed by atoms with van der Waals surface area (Å²) < 4.78 is 0.